The Balaban J connectivity index is 2.30. The summed E-state index contributed by atoms with van der Waals surface area (Å²) < 4.78 is 1.59. The lowest BCUT2D eigenvalue weighted by molar-refractivity contribution is 0.735. The average Bonchev–Trinajstić information content (AvgIpc) is 2.22. The molecular weight excluding hydrogens is 188 g/mol. The van der Waals surface area contributed by atoms with Gasteiger partial charge in [0.1, 0.15) is 0 Å². The molecule has 0 spiro atoms. The van der Waals surface area contributed by atoms with Crippen LogP contribution in [0.4, 0.5) is 0 Å². The lowest BCUT2D eigenvalue weighted by Crippen LogP contribution is -2.19. The van der Waals surface area contributed by atoms with E-state index in [0.717, 1.165) is 5.56 Å². The Bertz CT molecular complexity index is 517. The van der Waals surface area contributed by atoms with Gasteiger partial charge in [-0.2, -0.15) is 0 Å². The van der Waals surface area contributed by atoms with Gasteiger partial charge in [-0.15, -0.1) is 0 Å². The van der Waals surface area contributed by atoms with Crippen LogP contribution in [0.1, 0.15) is 11.1 Å². The summed E-state index contributed by atoms with van der Waals surface area (Å²) in [4.78, 5) is 15.4. The molecule has 1 aromatic heterocycles. The Morgan fingerprint density at radius 2 is 2.20 bits per heavy atom. The van der Waals surface area contributed by atoms with Crippen LogP contribution >= 0.6 is 0 Å². The number of aromatic nitrogens is 2. The van der Waals surface area contributed by atoms with Crippen LogP contribution in [0.3, 0.4) is 0 Å². The zero-order chi connectivity index (χ0) is 10.7. The second-order valence-electron chi connectivity index (χ2n) is 3.54. The number of hydrogen-bond donors (Lipinski definition) is 0. The molecule has 1 heterocycles. The van der Waals surface area contributed by atoms with E-state index >= 15 is 0 Å². The monoisotopic (exact) mass is 200 g/mol. The molecule has 3 nitrogen and oxygen atoms in total. The largest absolute Gasteiger partial charge is 0.295 e. The van der Waals surface area contributed by atoms with Crippen LogP contribution < -0.4 is 5.56 Å². The van der Waals surface area contributed by atoms with Gasteiger partial charge in [-0.3, -0.25) is 9.36 Å². The molecule has 0 unspecified atom stereocenters. The van der Waals surface area contributed by atoms with Gasteiger partial charge in [0.2, 0.25) is 0 Å². The summed E-state index contributed by atoms with van der Waals surface area (Å²) in [5.41, 5.74) is 2.29. The van der Waals surface area contributed by atoms with Crippen molar-refractivity contribution < 1.29 is 0 Å². The summed E-state index contributed by atoms with van der Waals surface area (Å²) in [6, 6.07) is 9.57. The molecule has 0 aliphatic carbocycles. The summed E-state index contributed by atoms with van der Waals surface area (Å²) in [6.07, 6.45) is 3.07. The Hall–Kier alpha value is -1.90. The Kier molecular flexibility index (Phi) is 2.63. The van der Waals surface area contributed by atoms with Gasteiger partial charge in [-0.05, 0) is 12.5 Å². The van der Waals surface area contributed by atoms with Crippen molar-refractivity contribution in [3.63, 3.8) is 0 Å². The maximum Gasteiger partial charge on any atom is 0.253 e. The summed E-state index contributed by atoms with van der Waals surface area (Å²) in [5, 5.41) is 0. The van der Waals surface area contributed by atoms with E-state index in [1.807, 2.05) is 25.1 Å². The zero-order valence-corrected chi connectivity index (χ0v) is 8.55. The fourth-order valence-electron chi connectivity index (χ4n) is 1.50. The molecule has 0 bridgehead atoms. The molecular formula is C12H12N2O. The number of hydrogen-bond acceptors (Lipinski definition) is 2. The van der Waals surface area contributed by atoms with Gasteiger partial charge in [0.25, 0.3) is 5.56 Å². The molecule has 3 heteroatoms. The van der Waals surface area contributed by atoms with Crippen molar-refractivity contribution in [2.75, 3.05) is 0 Å². The molecule has 0 fully saturated rings. The molecule has 15 heavy (non-hydrogen) atoms. The standard InChI is InChI=1S/C12H12N2O/c1-10-3-2-4-11(7-10)8-14-9-13-6-5-12(14)15/h2-7,9H,8H2,1H3. The molecule has 0 saturated heterocycles. The number of nitrogens with zero attached hydrogens (tertiary/aromatic N) is 2. The first-order valence-corrected chi connectivity index (χ1v) is 4.82. The van der Waals surface area contributed by atoms with Crippen LogP contribution in [-0.4, -0.2) is 9.55 Å². The van der Waals surface area contributed by atoms with Crippen LogP contribution in [0.5, 0.6) is 0 Å². The molecule has 0 atom stereocenters. The third-order valence-electron chi connectivity index (χ3n) is 2.23. The number of benzene rings is 1. The fourth-order valence-corrected chi connectivity index (χ4v) is 1.50. The Morgan fingerprint density at radius 3 is 2.93 bits per heavy atom. The van der Waals surface area contributed by atoms with Gasteiger partial charge in [0, 0.05) is 12.3 Å². The van der Waals surface area contributed by atoms with E-state index in [1.165, 1.54) is 17.8 Å². The predicted molar refractivity (Wildman–Crippen MR) is 58.8 cm³/mol. The maximum absolute atomic E-state index is 11.4. The quantitative estimate of drug-likeness (QED) is 0.738. The molecule has 2 rings (SSSR count). The van der Waals surface area contributed by atoms with E-state index in [9.17, 15) is 4.79 Å². The number of aryl methyl sites for hydroxylation is 1. The third-order valence-corrected chi connectivity index (χ3v) is 2.23. The van der Waals surface area contributed by atoms with Gasteiger partial charge in [0.05, 0.1) is 12.9 Å². The van der Waals surface area contributed by atoms with E-state index in [-0.39, 0.29) is 5.56 Å². The summed E-state index contributed by atoms with van der Waals surface area (Å²) >= 11 is 0. The highest BCUT2D eigenvalue weighted by molar-refractivity contribution is 5.22. The second kappa shape index (κ2) is 4.09. The molecule has 0 amide bonds. The predicted octanol–water partition coefficient (Wildman–Crippen LogP) is 1.60. The van der Waals surface area contributed by atoms with Crippen molar-refractivity contribution in [3.05, 3.63) is 64.3 Å². The zero-order valence-electron chi connectivity index (χ0n) is 8.55. The molecule has 1 aromatic carbocycles. The molecule has 0 radical (unpaired) electrons. The van der Waals surface area contributed by atoms with Crippen molar-refractivity contribution in [3.8, 4) is 0 Å². The van der Waals surface area contributed by atoms with Crippen LogP contribution in [0.2, 0.25) is 0 Å². The first-order valence-electron chi connectivity index (χ1n) is 4.82. The van der Waals surface area contributed by atoms with Crippen LogP contribution in [0.25, 0.3) is 0 Å². The first kappa shape index (κ1) is 9.65. The van der Waals surface area contributed by atoms with E-state index < -0.39 is 0 Å². The molecule has 0 saturated carbocycles. The second-order valence-corrected chi connectivity index (χ2v) is 3.54. The minimum atomic E-state index is -0.0218. The van der Waals surface area contributed by atoms with E-state index in [0.29, 0.717) is 6.54 Å². The van der Waals surface area contributed by atoms with E-state index in [2.05, 4.69) is 11.1 Å². The summed E-state index contributed by atoms with van der Waals surface area (Å²) in [7, 11) is 0. The first-order chi connectivity index (χ1) is 7.25. The molecule has 0 aliphatic rings. The summed E-state index contributed by atoms with van der Waals surface area (Å²) in [5.74, 6) is 0. The minimum absolute atomic E-state index is 0.0218. The van der Waals surface area contributed by atoms with Gasteiger partial charge < -0.3 is 0 Å². The van der Waals surface area contributed by atoms with Crippen LogP contribution in [0, 0.1) is 6.92 Å². The molecule has 76 valence electrons. The third kappa shape index (κ3) is 2.31. The van der Waals surface area contributed by atoms with E-state index in [4.69, 9.17) is 0 Å². The normalized spacial score (nSPS) is 10.2. The SMILES string of the molecule is Cc1cccc(Cn2cnccc2=O)c1. The average molecular weight is 200 g/mol. The van der Waals surface area contributed by atoms with Crippen LogP contribution in [-0.2, 0) is 6.54 Å². The summed E-state index contributed by atoms with van der Waals surface area (Å²) in [6.45, 7) is 2.61. The van der Waals surface area contributed by atoms with Crippen molar-refractivity contribution in [2.45, 2.75) is 13.5 Å². The molecule has 0 aliphatic heterocycles. The van der Waals surface area contributed by atoms with Crippen LogP contribution in [0.15, 0.2) is 47.7 Å². The van der Waals surface area contributed by atoms with E-state index in [1.54, 1.807) is 10.9 Å². The maximum atomic E-state index is 11.4. The molecule has 2 aromatic rings. The smallest absolute Gasteiger partial charge is 0.253 e. The van der Waals surface area contributed by atoms with Gasteiger partial charge in [-0.25, -0.2) is 4.98 Å². The molecule has 0 N–H and O–H groups in total. The highest BCUT2D eigenvalue weighted by Crippen LogP contribution is 2.04. The lowest BCUT2D eigenvalue weighted by atomic mass is 10.1. The van der Waals surface area contributed by atoms with Crippen molar-refractivity contribution in [1.29, 1.82) is 0 Å². The highest BCUT2D eigenvalue weighted by atomic mass is 16.1. The Labute approximate surface area is 88.0 Å². The lowest BCUT2D eigenvalue weighted by Gasteiger charge is -2.04. The number of rotatable bonds is 2. The van der Waals surface area contributed by atoms with Crippen molar-refractivity contribution >= 4 is 0 Å². The van der Waals surface area contributed by atoms with Crippen molar-refractivity contribution in [1.82, 2.24) is 9.55 Å². The highest BCUT2D eigenvalue weighted by Gasteiger charge is 1.97. The van der Waals surface area contributed by atoms with Gasteiger partial charge in [0.15, 0.2) is 0 Å². The minimum Gasteiger partial charge on any atom is -0.295 e. The topological polar surface area (TPSA) is 34.9 Å². The Morgan fingerprint density at radius 1 is 1.33 bits per heavy atom. The van der Waals surface area contributed by atoms with Gasteiger partial charge in [-0.1, -0.05) is 29.8 Å². The van der Waals surface area contributed by atoms with Crippen molar-refractivity contribution in [2.24, 2.45) is 0 Å². The van der Waals surface area contributed by atoms with Gasteiger partial charge >= 0.3 is 0 Å². The fraction of sp³-hybridized carbons (Fsp3) is 0.167.